The molecule has 1 saturated heterocycles. The number of rotatable bonds is 6. The van der Waals surface area contributed by atoms with E-state index in [0.717, 1.165) is 4.90 Å². The fourth-order valence-corrected chi connectivity index (χ4v) is 5.13. The fraction of sp³-hybridized carbons (Fsp3) is 0.286. The van der Waals surface area contributed by atoms with Gasteiger partial charge in [-0.05, 0) is 39.7 Å². The van der Waals surface area contributed by atoms with Gasteiger partial charge in [-0.1, -0.05) is 41.9 Å². The molecule has 1 N–H and O–H groups in total. The van der Waals surface area contributed by atoms with Crippen LogP contribution in [0.5, 0.6) is 0 Å². The van der Waals surface area contributed by atoms with E-state index >= 15 is 4.39 Å². The Labute approximate surface area is 198 Å². The summed E-state index contributed by atoms with van der Waals surface area (Å²) < 4.78 is 40.9. The number of ketones is 1. The van der Waals surface area contributed by atoms with Gasteiger partial charge in [0.15, 0.2) is 15.6 Å². The Hall–Kier alpha value is -2.30. The molecule has 2 aromatic carbocycles. The van der Waals surface area contributed by atoms with Gasteiger partial charge in [0.05, 0.1) is 23.9 Å². The smallest absolute Gasteiger partial charge is 0.304 e. The molecule has 1 aliphatic heterocycles. The zero-order valence-corrected chi connectivity index (χ0v) is 19.8. The molecule has 2 amide bonds. The number of benzene rings is 2. The van der Waals surface area contributed by atoms with Crippen LogP contribution in [0.1, 0.15) is 15.9 Å². The Morgan fingerprint density at radius 3 is 2.50 bits per heavy atom. The molecule has 11 heteroatoms. The summed E-state index contributed by atoms with van der Waals surface area (Å²) >= 11 is 9.19. The van der Waals surface area contributed by atoms with Crippen molar-refractivity contribution >= 4 is 55.0 Å². The molecule has 3 rings (SSSR count). The predicted octanol–water partition coefficient (Wildman–Crippen LogP) is 2.57. The summed E-state index contributed by atoms with van der Waals surface area (Å²) in [5.74, 6) is -3.28. The van der Waals surface area contributed by atoms with E-state index in [1.807, 2.05) is 0 Å². The molecular weight excluding hydrogens is 527 g/mol. The quantitative estimate of drug-likeness (QED) is 0.601. The van der Waals surface area contributed by atoms with Crippen LogP contribution >= 0.6 is 27.5 Å². The van der Waals surface area contributed by atoms with Gasteiger partial charge < -0.3 is 10.2 Å². The Morgan fingerprint density at radius 2 is 1.84 bits per heavy atom. The average molecular weight is 546 g/mol. The molecule has 0 unspecified atom stereocenters. The second kappa shape index (κ2) is 9.68. The van der Waals surface area contributed by atoms with E-state index in [-0.39, 0.29) is 23.6 Å². The van der Waals surface area contributed by atoms with Gasteiger partial charge in [-0.2, -0.15) is 0 Å². The molecule has 170 valence electrons. The summed E-state index contributed by atoms with van der Waals surface area (Å²) in [7, 11) is -4.51. The largest absolute Gasteiger partial charge is 0.345 e. The first kappa shape index (κ1) is 24.3. The molecule has 0 radical (unpaired) electrons. The first-order chi connectivity index (χ1) is 15.0. The van der Waals surface area contributed by atoms with Crippen LogP contribution in [0, 0.1) is 0 Å². The number of hydrogen-bond donors (Lipinski definition) is 1. The topological polar surface area (TPSA) is 101 Å². The molecule has 2 aromatic rings. The molecule has 1 heterocycles. The molecule has 0 spiro atoms. The second-order valence-electron chi connectivity index (χ2n) is 7.29. The fourth-order valence-electron chi connectivity index (χ4n) is 3.21. The highest BCUT2D eigenvalue weighted by molar-refractivity contribution is 9.10. The third-order valence-corrected chi connectivity index (χ3v) is 8.25. The summed E-state index contributed by atoms with van der Waals surface area (Å²) in [6, 6.07) is 13.1. The number of alkyl halides is 1. The molecule has 1 aliphatic rings. The van der Waals surface area contributed by atoms with E-state index in [4.69, 9.17) is 11.6 Å². The van der Waals surface area contributed by atoms with Crippen LogP contribution in [-0.4, -0.2) is 61.3 Å². The van der Waals surface area contributed by atoms with E-state index in [1.165, 1.54) is 18.2 Å². The van der Waals surface area contributed by atoms with Crippen molar-refractivity contribution < 1.29 is 27.2 Å². The molecule has 1 fully saturated rings. The maximum atomic E-state index is 15.6. The normalized spacial score (nSPS) is 19.9. The molecule has 1 atom stereocenters. The van der Waals surface area contributed by atoms with E-state index < -0.39 is 51.3 Å². The number of nitrogens with one attached hydrogen (secondary N) is 1. The van der Waals surface area contributed by atoms with Gasteiger partial charge in [0, 0.05) is 23.0 Å². The maximum Gasteiger partial charge on any atom is 0.304 e. The highest BCUT2D eigenvalue weighted by Gasteiger charge is 2.56. The standard InChI is InChI=1S/C21H19BrClFN2O5S/c22-17-7-6-15(11-18(17)23)19(28)26-8-9-32(30,31)21(24,13-26)20(29)25-12-16(27)10-14-4-2-1-3-5-14/h1-7,11H,8-10,12-13H2,(H,25,29)/t21-/m1/s1. The van der Waals surface area contributed by atoms with E-state index in [9.17, 15) is 22.8 Å². The lowest BCUT2D eigenvalue weighted by molar-refractivity contribution is -0.131. The van der Waals surface area contributed by atoms with Gasteiger partial charge in [0.2, 0.25) is 0 Å². The van der Waals surface area contributed by atoms with E-state index in [0.29, 0.717) is 10.0 Å². The minimum atomic E-state index is -4.51. The summed E-state index contributed by atoms with van der Waals surface area (Å²) in [4.78, 5) is 38.3. The van der Waals surface area contributed by atoms with Crippen LogP contribution in [0.15, 0.2) is 53.0 Å². The van der Waals surface area contributed by atoms with Gasteiger partial charge in [-0.3, -0.25) is 14.4 Å². The van der Waals surface area contributed by atoms with Gasteiger partial charge in [-0.25, -0.2) is 12.8 Å². The SMILES string of the molecule is O=C(CNC(=O)[C@@]1(F)CN(C(=O)c2ccc(Br)c(Cl)c2)CCS1(=O)=O)Cc1ccccc1. The molecule has 0 bridgehead atoms. The molecule has 7 nitrogen and oxygen atoms in total. The lowest BCUT2D eigenvalue weighted by Crippen LogP contribution is -2.62. The number of carbonyl (C=O) groups excluding carboxylic acids is 3. The summed E-state index contributed by atoms with van der Waals surface area (Å²) in [5, 5.41) is -1.04. The van der Waals surface area contributed by atoms with Crippen molar-refractivity contribution in [1.82, 2.24) is 10.2 Å². The van der Waals surface area contributed by atoms with Crippen molar-refractivity contribution in [3.05, 3.63) is 69.2 Å². The zero-order chi connectivity index (χ0) is 23.5. The first-order valence-electron chi connectivity index (χ1n) is 9.53. The number of Topliss-reactive ketones (excluding diaryl/α,β-unsaturated/α-hetero) is 1. The van der Waals surface area contributed by atoms with Crippen LogP contribution in [0.3, 0.4) is 0 Å². The minimum absolute atomic E-state index is 0.00208. The third-order valence-electron chi connectivity index (χ3n) is 5.00. The molecule has 0 aromatic heterocycles. The molecule has 0 saturated carbocycles. The first-order valence-corrected chi connectivity index (χ1v) is 12.4. The molecule has 32 heavy (non-hydrogen) atoms. The zero-order valence-electron chi connectivity index (χ0n) is 16.7. The van der Waals surface area contributed by atoms with Crippen LogP contribution in [0.4, 0.5) is 4.39 Å². The lowest BCUT2D eigenvalue weighted by Gasteiger charge is -2.35. The van der Waals surface area contributed by atoms with Gasteiger partial charge in [-0.15, -0.1) is 0 Å². The number of hydrogen-bond acceptors (Lipinski definition) is 5. The second-order valence-corrected chi connectivity index (χ2v) is 10.8. The Bertz CT molecular complexity index is 1160. The van der Waals surface area contributed by atoms with Crippen molar-refractivity contribution in [3.8, 4) is 0 Å². The van der Waals surface area contributed by atoms with Crippen LogP contribution < -0.4 is 5.32 Å². The van der Waals surface area contributed by atoms with Crippen molar-refractivity contribution in [2.45, 2.75) is 11.4 Å². The number of carbonyl (C=O) groups is 3. The predicted molar refractivity (Wildman–Crippen MR) is 121 cm³/mol. The highest BCUT2D eigenvalue weighted by Crippen LogP contribution is 2.29. The highest BCUT2D eigenvalue weighted by atomic mass is 79.9. The van der Waals surface area contributed by atoms with Crippen LogP contribution in [-0.2, 0) is 25.8 Å². The van der Waals surface area contributed by atoms with Crippen molar-refractivity contribution in [1.29, 1.82) is 0 Å². The number of amides is 2. The van der Waals surface area contributed by atoms with Gasteiger partial charge in [0.25, 0.3) is 11.8 Å². The average Bonchev–Trinajstić information content (AvgIpc) is 2.76. The van der Waals surface area contributed by atoms with Crippen molar-refractivity contribution in [2.24, 2.45) is 0 Å². The Kier molecular flexibility index (Phi) is 7.36. The van der Waals surface area contributed by atoms with E-state index in [2.05, 4.69) is 21.2 Å². The lowest BCUT2D eigenvalue weighted by atomic mass is 10.1. The summed E-state index contributed by atoms with van der Waals surface area (Å²) in [5.41, 5.74) is 0.829. The monoisotopic (exact) mass is 544 g/mol. The van der Waals surface area contributed by atoms with E-state index in [1.54, 1.807) is 30.3 Å². The maximum absolute atomic E-state index is 15.6. The number of sulfone groups is 1. The van der Waals surface area contributed by atoms with Gasteiger partial charge >= 0.3 is 5.00 Å². The molecular formula is C21H19BrClFN2O5S. The minimum Gasteiger partial charge on any atom is -0.345 e. The van der Waals surface area contributed by atoms with Crippen molar-refractivity contribution in [2.75, 3.05) is 25.4 Å². The summed E-state index contributed by atoms with van der Waals surface area (Å²) in [6.07, 6.45) is 0.00208. The Balaban J connectivity index is 1.71. The van der Waals surface area contributed by atoms with Crippen LogP contribution in [0.2, 0.25) is 5.02 Å². The Morgan fingerprint density at radius 1 is 1.16 bits per heavy atom. The third kappa shape index (κ3) is 5.19. The number of halogens is 3. The van der Waals surface area contributed by atoms with Crippen LogP contribution in [0.25, 0.3) is 0 Å². The van der Waals surface area contributed by atoms with Gasteiger partial charge in [0.1, 0.15) is 0 Å². The molecule has 0 aliphatic carbocycles. The number of nitrogens with zero attached hydrogens (tertiary/aromatic N) is 1. The van der Waals surface area contributed by atoms with Crippen molar-refractivity contribution in [3.63, 3.8) is 0 Å². The summed E-state index contributed by atoms with van der Waals surface area (Å²) in [6.45, 7) is -1.80.